The summed E-state index contributed by atoms with van der Waals surface area (Å²) in [5, 5.41) is 3.38. The molecular weight excluding hydrogens is 186 g/mol. The molecule has 0 fully saturated rings. The number of fused-ring (bicyclic) bond motifs is 1. The van der Waals surface area contributed by atoms with Gasteiger partial charge >= 0.3 is 0 Å². The zero-order valence-electron chi connectivity index (χ0n) is 9.60. The molecule has 1 aliphatic carbocycles. The number of H-pyrrole nitrogens is 1. The third-order valence-corrected chi connectivity index (χ3v) is 2.97. The molecule has 1 aromatic rings. The monoisotopic (exact) mass is 207 g/mol. The molecule has 0 aromatic carbocycles. The van der Waals surface area contributed by atoms with Crippen molar-refractivity contribution in [3.05, 3.63) is 17.2 Å². The SMILES string of the molecule is CCCNCc1nc2c([nH]1)CCCCC2. The van der Waals surface area contributed by atoms with Crippen molar-refractivity contribution in [3.8, 4) is 0 Å². The van der Waals surface area contributed by atoms with Crippen LogP contribution >= 0.6 is 0 Å². The zero-order valence-corrected chi connectivity index (χ0v) is 9.60. The highest BCUT2D eigenvalue weighted by Gasteiger charge is 2.12. The van der Waals surface area contributed by atoms with E-state index >= 15 is 0 Å². The molecule has 3 heteroatoms. The summed E-state index contributed by atoms with van der Waals surface area (Å²) >= 11 is 0. The van der Waals surface area contributed by atoms with Crippen LogP contribution in [0.5, 0.6) is 0 Å². The second kappa shape index (κ2) is 5.31. The average Bonchev–Trinajstić information content (AvgIpc) is 2.49. The molecule has 0 spiro atoms. The maximum Gasteiger partial charge on any atom is 0.120 e. The molecule has 0 amide bonds. The van der Waals surface area contributed by atoms with E-state index in [0.29, 0.717) is 0 Å². The van der Waals surface area contributed by atoms with E-state index in [1.165, 1.54) is 49.9 Å². The molecule has 0 atom stereocenters. The summed E-state index contributed by atoms with van der Waals surface area (Å²) in [6.45, 7) is 4.15. The molecule has 1 heterocycles. The van der Waals surface area contributed by atoms with E-state index in [1.807, 2.05) is 0 Å². The molecule has 0 saturated carbocycles. The highest BCUT2D eigenvalue weighted by Crippen LogP contribution is 2.18. The lowest BCUT2D eigenvalue weighted by Gasteiger charge is -1.99. The number of nitrogens with one attached hydrogen (secondary N) is 2. The first-order valence-corrected chi connectivity index (χ1v) is 6.17. The Morgan fingerprint density at radius 1 is 1.27 bits per heavy atom. The second-order valence-electron chi connectivity index (χ2n) is 4.35. The Balaban J connectivity index is 1.96. The van der Waals surface area contributed by atoms with Crippen molar-refractivity contribution < 1.29 is 0 Å². The lowest BCUT2D eigenvalue weighted by Crippen LogP contribution is -2.14. The Bertz CT molecular complexity index is 280. The van der Waals surface area contributed by atoms with Gasteiger partial charge in [0.1, 0.15) is 5.82 Å². The van der Waals surface area contributed by atoms with Crippen molar-refractivity contribution in [3.63, 3.8) is 0 Å². The molecule has 0 aliphatic heterocycles. The van der Waals surface area contributed by atoms with Crippen LogP contribution < -0.4 is 5.32 Å². The van der Waals surface area contributed by atoms with Crippen LogP contribution in [0.4, 0.5) is 0 Å². The van der Waals surface area contributed by atoms with Gasteiger partial charge in [-0.3, -0.25) is 0 Å². The minimum absolute atomic E-state index is 0.890. The summed E-state index contributed by atoms with van der Waals surface area (Å²) in [5.41, 5.74) is 2.71. The van der Waals surface area contributed by atoms with E-state index < -0.39 is 0 Å². The van der Waals surface area contributed by atoms with E-state index in [1.54, 1.807) is 0 Å². The summed E-state index contributed by atoms with van der Waals surface area (Å²) in [5.74, 6) is 1.12. The summed E-state index contributed by atoms with van der Waals surface area (Å²) in [4.78, 5) is 8.12. The molecule has 1 aromatic heterocycles. The van der Waals surface area contributed by atoms with Crippen molar-refractivity contribution in [1.82, 2.24) is 15.3 Å². The third-order valence-electron chi connectivity index (χ3n) is 2.97. The van der Waals surface area contributed by atoms with Gasteiger partial charge in [-0.05, 0) is 38.6 Å². The van der Waals surface area contributed by atoms with E-state index in [9.17, 15) is 0 Å². The maximum atomic E-state index is 4.66. The van der Waals surface area contributed by atoms with Crippen molar-refractivity contribution in [2.24, 2.45) is 0 Å². The first-order valence-electron chi connectivity index (χ1n) is 6.17. The van der Waals surface area contributed by atoms with Crippen molar-refractivity contribution in [2.75, 3.05) is 6.54 Å². The highest BCUT2D eigenvalue weighted by atomic mass is 15.0. The molecule has 0 bridgehead atoms. The summed E-state index contributed by atoms with van der Waals surface area (Å²) in [7, 11) is 0. The Labute approximate surface area is 91.7 Å². The van der Waals surface area contributed by atoms with Crippen LogP contribution in [0.2, 0.25) is 0 Å². The molecule has 2 rings (SSSR count). The Kier molecular flexibility index (Phi) is 3.78. The average molecular weight is 207 g/mol. The molecule has 2 N–H and O–H groups in total. The van der Waals surface area contributed by atoms with Crippen molar-refractivity contribution >= 4 is 0 Å². The first kappa shape index (κ1) is 10.7. The van der Waals surface area contributed by atoms with Gasteiger partial charge in [0, 0.05) is 5.69 Å². The molecule has 0 unspecified atom stereocenters. The molecule has 0 saturated heterocycles. The largest absolute Gasteiger partial charge is 0.345 e. The van der Waals surface area contributed by atoms with Crippen molar-refractivity contribution in [1.29, 1.82) is 0 Å². The van der Waals surface area contributed by atoms with Gasteiger partial charge in [0.2, 0.25) is 0 Å². The fourth-order valence-corrected chi connectivity index (χ4v) is 2.16. The van der Waals surface area contributed by atoms with Gasteiger partial charge in [0.15, 0.2) is 0 Å². The second-order valence-corrected chi connectivity index (χ2v) is 4.35. The normalized spacial score (nSPS) is 16.1. The maximum absolute atomic E-state index is 4.66. The summed E-state index contributed by atoms with van der Waals surface area (Å²) < 4.78 is 0. The highest BCUT2D eigenvalue weighted by molar-refractivity contribution is 5.16. The van der Waals surface area contributed by atoms with Crippen LogP contribution in [-0.2, 0) is 19.4 Å². The minimum Gasteiger partial charge on any atom is -0.345 e. The number of imidazole rings is 1. The lowest BCUT2D eigenvalue weighted by atomic mass is 10.2. The van der Waals surface area contributed by atoms with Gasteiger partial charge in [0.05, 0.1) is 12.2 Å². The topological polar surface area (TPSA) is 40.7 Å². The predicted octanol–water partition coefficient (Wildman–Crippen LogP) is 2.18. The Morgan fingerprint density at radius 3 is 3.00 bits per heavy atom. The molecule has 84 valence electrons. The van der Waals surface area contributed by atoms with E-state index in [4.69, 9.17) is 0 Å². The van der Waals surface area contributed by atoms with Crippen LogP contribution in [0, 0.1) is 0 Å². The number of hydrogen-bond acceptors (Lipinski definition) is 2. The van der Waals surface area contributed by atoms with Gasteiger partial charge in [-0.2, -0.15) is 0 Å². The molecule has 15 heavy (non-hydrogen) atoms. The fraction of sp³-hybridized carbons (Fsp3) is 0.750. The zero-order chi connectivity index (χ0) is 10.5. The lowest BCUT2D eigenvalue weighted by molar-refractivity contribution is 0.647. The van der Waals surface area contributed by atoms with Gasteiger partial charge < -0.3 is 10.3 Å². The van der Waals surface area contributed by atoms with E-state index in [-0.39, 0.29) is 0 Å². The molecular formula is C12H21N3. The number of hydrogen-bond donors (Lipinski definition) is 2. The number of rotatable bonds is 4. The van der Waals surface area contributed by atoms with Gasteiger partial charge in [-0.25, -0.2) is 4.98 Å². The Hall–Kier alpha value is -0.830. The summed E-state index contributed by atoms with van der Waals surface area (Å²) in [6.07, 6.45) is 7.51. The summed E-state index contributed by atoms with van der Waals surface area (Å²) in [6, 6.07) is 0. The van der Waals surface area contributed by atoms with Crippen LogP contribution in [0.15, 0.2) is 0 Å². The minimum atomic E-state index is 0.890. The van der Waals surface area contributed by atoms with Gasteiger partial charge in [-0.1, -0.05) is 13.3 Å². The van der Waals surface area contributed by atoms with Gasteiger partial charge in [0.25, 0.3) is 0 Å². The van der Waals surface area contributed by atoms with Crippen LogP contribution in [0.3, 0.4) is 0 Å². The van der Waals surface area contributed by atoms with Crippen molar-refractivity contribution in [2.45, 2.75) is 52.0 Å². The number of aryl methyl sites for hydroxylation is 2. The third kappa shape index (κ3) is 2.81. The van der Waals surface area contributed by atoms with Crippen LogP contribution in [-0.4, -0.2) is 16.5 Å². The van der Waals surface area contributed by atoms with Gasteiger partial charge in [-0.15, -0.1) is 0 Å². The molecule has 1 aliphatic rings. The quantitative estimate of drug-likeness (QED) is 0.587. The van der Waals surface area contributed by atoms with E-state index in [2.05, 4.69) is 22.2 Å². The molecule has 3 nitrogen and oxygen atoms in total. The molecule has 0 radical (unpaired) electrons. The standard InChI is InChI=1S/C12H21N3/c1-2-8-13-9-12-14-10-6-4-3-5-7-11(10)15-12/h13H,2-9H2,1H3,(H,14,15). The fourth-order valence-electron chi connectivity index (χ4n) is 2.16. The predicted molar refractivity (Wildman–Crippen MR) is 61.8 cm³/mol. The van der Waals surface area contributed by atoms with Crippen LogP contribution in [0.1, 0.15) is 49.8 Å². The number of aromatic nitrogens is 2. The van der Waals surface area contributed by atoms with E-state index in [0.717, 1.165) is 18.9 Å². The first-order chi connectivity index (χ1) is 7.40. The smallest absolute Gasteiger partial charge is 0.120 e. The number of aromatic amines is 1. The Morgan fingerprint density at radius 2 is 2.13 bits per heavy atom. The van der Waals surface area contributed by atoms with Crippen LogP contribution in [0.25, 0.3) is 0 Å². The number of nitrogens with zero attached hydrogens (tertiary/aromatic N) is 1.